The summed E-state index contributed by atoms with van der Waals surface area (Å²) < 4.78 is 5.55. The van der Waals surface area contributed by atoms with Crippen molar-refractivity contribution in [2.24, 2.45) is 0 Å². The first-order valence-electron chi connectivity index (χ1n) is 6.05. The largest absolute Gasteiger partial charge is 0.486 e. The van der Waals surface area contributed by atoms with Crippen LogP contribution in [0.3, 0.4) is 0 Å². The van der Waals surface area contributed by atoms with E-state index in [1.165, 1.54) is 6.07 Å². The predicted octanol–water partition coefficient (Wildman–Crippen LogP) is 2.30. The molecule has 0 aliphatic heterocycles. The number of aromatic nitrogens is 2. The number of para-hydroxylation sites is 1. The Hall–Kier alpha value is -2.10. The van der Waals surface area contributed by atoms with Gasteiger partial charge in [0.25, 0.3) is 5.56 Å². The van der Waals surface area contributed by atoms with Gasteiger partial charge in [-0.3, -0.25) is 4.79 Å². The number of hydrogen-bond acceptors (Lipinski definition) is 3. The van der Waals surface area contributed by atoms with Crippen molar-refractivity contribution in [2.45, 2.75) is 26.4 Å². The van der Waals surface area contributed by atoms with Crippen LogP contribution in [0.5, 0.6) is 5.75 Å². The fourth-order valence-corrected chi connectivity index (χ4v) is 1.68. The topological polar surface area (TPSA) is 55.0 Å². The molecule has 18 heavy (non-hydrogen) atoms. The molecule has 1 aromatic heterocycles. The van der Waals surface area contributed by atoms with Crippen molar-refractivity contribution >= 4 is 0 Å². The van der Waals surface area contributed by atoms with E-state index in [2.05, 4.69) is 16.9 Å². The van der Waals surface area contributed by atoms with Crippen LogP contribution in [0.2, 0.25) is 0 Å². The molecular weight excluding hydrogens is 228 g/mol. The van der Waals surface area contributed by atoms with Crippen molar-refractivity contribution in [3.63, 3.8) is 0 Å². The first-order chi connectivity index (χ1) is 8.78. The summed E-state index contributed by atoms with van der Waals surface area (Å²) in [4.78, 5) is 18.5. The summed E-state index contributed by atoms with van der Waals surface area (Å²) in [6.07, 6.45) is 1.78. The van der Waals surface area contributed by atoms with Crippen LogP contribution in [-0.4, -0.2) is 9.97 Å². The summed E-state index contributed by atoms with van der Waals surface area (Å²) in [5, 5.41) is 0. The standard InChI is InChI=1S/C14H16N2O2/c1-2-6-11-9-14(17)16-13(15-11)10-18-12-7-4-3-5-8-12/h3-5,7-9H,2,6,10H2,1H3,(H,15,16,17). The summed E-state index contributed by atoms with van der Waals surface area (Å²) in [6.45, 7) is 2.33. The molecule has 4 nitrogen and oxygen atoms in total. The summed E-state index contributed by atoms with van der Waals surface area (Å²) in [7, 11) is 0. The third kappa shape index (κ3) is 3.45. The maximum Gasteiger partial charge on any atom is 0.251 e. The molecule has 0 aliphatic carbocycles. The molecule has 0 unspecified atom stereocenters. The minimum Gasteiger partial charge on any atom is -0.486 e. The molecule has 0 saturated heterocycles. The molecule has 0 amide bonds. The van der Waals surface area contributed by atoms with E-state index in [0.717, 1.165) is 24.3 Å². The summed E-state index contributed by atoms with van der Waals surface area (Å²) in [5.41, 5.74) is 0.688. The second kappa shape index (κ2) is 6.00. The molecule has 1 heterocycles. The van der Waals surface area contributed by atoms with Gasteiger partial charge in [0, 0.05) is 11.8 Å². The van der Waals surface area contributed by atoms with Crippen LogP contribution in [0.1, 0.15) is 24.9 Å². The molecular formula is C14H16N2O2. The van der Waals surface area contributed by atoms with Crippen LogP contribution in [0.4, 0.5) is 0 Å². The van der Waals surface area contributed by atoms with Crippen molar-refractivity contribution in [3.05, 3.63) is 58.3 Å². The Morgan fingerprint density at radius 3 is 2.78 bits per heavy atom. The number of aromatic amines is 1. The molecule has 2 rings (SSSR count). The predicted molar refractivity (Wildman–Crippen MR) is 69.6 cm³/mol. The molecule has 0 spiro atoms. The van der Waals surface area contributed by atoms with E-state index in [1.807, 2.05) is 30.3 Å². The molecule has 0 bridgehead atoms. The number of nitrogens with zero attached hydrogens (tertiary/aromatic N) is 1. The minimum atomic E-state index is -0.125. The van der Waals surface area contributed by atoms with Crippen LogP contribution in [0.25, 0.3) is 0 Å². The van der Waals surface area contributed by atoms with Gasteiger partial charge in [-0.15, -0.1) is 0 Å². The lowest BCUT2D eigenvalue weighted by Crippen LogP contribution is -2.14. The number of hydrogen-bond donors (Lipinski definition) is 1. The molecule has 0 fully saturated rings. The maximum atomic E-state index is 11.4. The third-order valence-electron chi connectivity index (χ3n) is 2.47. The van der Waals surface area contributed by atoms with Gasteiger partial charge in [-0.05, 0) is 18.6 Å². The number of rotatable bonds is 5. The van der Waals surface area contributed by atoms with Gasteiger partial charge in [0.2, 0.25) is 0 Å². The minimum absolute atomic E-state index is 0.125. The van der Waals surface area contributed by atoms with E-state index < -0.39 is 0 Å². The highest BCUT2D eigenvalue weighted by molar-refractivity contribution is 5.21. The van der Waals surface area contributed by atoms with E-state index in [-0.39, 0.29) is 12.2 Å². The Morgan fingerprint density at radius 1 is 1.28 bits per heavy atom. The molecule has 94 valence electrons. The van der Waals surface area contributed by atoms with Gasteiger partial charge in [0.1, 0.15) is 18.2 Å². The van der Waals surface area contributed by atoms with E-state index in [0.29, 0.717) is 5.82 Å². The lowest BCUT2D eigenvalue weighted by Gasteiger charge is -2.06. The molecule has 0 atom stereocenters. The zero-order chi connectivity index (χ0) is 12.8. The first-order valence-corrected chi connectivity index (χ1v) is 6.05. The fraction of sp³-hybridized carbons (Fsp3) is 0.286. The zero-order valence-corrected chi connectivity index (χ0v) is 10.3. The molecule has 4 heteroatoms. The van der Waals surface area contributed by atoms with E-state index in [9.17, 15) is 4.79 Å². The number of aryl methyl sites for hydroxylation is 1. The van der Waals surface area contributed by atoms with Crippen molar-refractivity contribution in [1.29, 1.82) is 0 Å². The smallest absolute Gasteiger partial charge is 0.251 e. The van der Waals surface area contributed by atoms with Crippen molar-refractivity contribution in [1.82, 2.24) is 9.97 Å². The van der Waals surface area contributed by atoms with Gasteiger partial charge in [0.05, 0.1) is 0 Å². The second-order valence-electron chi connectivity index (χ2n) is 4.04. The Morgan fingerprint density at radius 2 is 2.06 bits per heavy atom. The molecule has 2 aromatic rings. The highest BCUT2D eigenvalue weighted by Crippen LogP contribution is 2.09. The zero-order valence-electron chi connectivity index (χ0n) is 10.3. The van der Waals surface area contributed by atoms with Crippen LogP contribution >= 0.6 is 0 Å². The molecule has 0 radical (unpaired) electrons. The number of benzene rings is 1. The Bertz CT molecular complexity index is 549. The van der Waals surface area contributed by atoms with Crippen LogP contribution < -0.4 is 10.3 Å². The molecule has 0 aliphatic rings. The normalized spacial score (nSPS) is 10.3. The lowest BCUT2D eigenvalue weighted by atomic mass is 10.2. The monoisotopic (exact) mass is 244 g/mol. The van der Waals surface area contributed by atoms with Gasteiger partial charge in [-0.2, -0.15) is 0 Å². The van der Waals surface area contributed by atoms with E-state index >= 15 is 0 Å². The summed E-state index contributed by atoms with van der Waals surface area (Å²) in [5.74, 6) is 1.33. The average molecular weight is 244 g/mol. The van der Waals surface area contributed by atoms with E-state index in [1.54, 1.807) is 0 Å². The van der Waals surface area contributed by atoms with Gasteiger partial charge < -0.3 is 9.72 Å². The number of nitrogens with one attached hydrogen (secondary N) is 1. The van der Waals surface area contributed by atoms with Crippen molar-refractivity contribution in [2.75, 3.05) is 0 Å². The fourth-order valence-electron chi connectivity index (χ4n) is 1.68. The summed E-state index contributed by atoms with van der Waals surface area (Å²) in [6, 6.07) is 11.0. The van der Waals surface area contributed by atoms with Gasteiger partial charge >= 0.3 is 0 Å². The second-order valence-corrected chi connectivity index (χ2v) is 4.04. The SMILES string of the molecule is CCCc1cc(=O)[nH]c(COc2ccccc2)n1. The highest BCUT2D eigenvalue weighted by atomic mass is 16.5. The molecule has 1 N–H and O–H groups in total. The number of H-pyrrole nitrogens is 1. The highest BCUT2D eigenvalue weighted by Gasteiger charge is 2.02. The van der Waals surface area contributed by atoms with Gasteiger partial charge in [-0.25, -0.2) is 4.98 Å². The molecule has 0 saturated carbocycles. The molecule has 1 aromatic carbocycles. The average Bonchev–Trinajstić information content (AvgIpc) is 2.37. The maximum absolute atomic E-state index is 11.4. The van der Waals surface area contributed by atoms with Gasteiger partial charge in [-0.1, -0.05) is 31.5 Å². The lowest BCUT2D eigenvalue weighted by molar-refractivity contribution is 0.295. The van der Waals surface area contributed by atoms with Crippen LogP contribution in [-0.2, 0) is 13.0 Å². The third-order valence-corrected chi connectivity index (χ3v) is 2.47. The quantitative estimate of drug-likeness (QED) is 0.878. The van der Waals surface area contributed by atoms with Gasteiger partial charge in [0.15, 0.2) is 0 Å². The first kappa shape index (κ1) is 12.4. The Kier molecular flexibility index (Phi) is 4.12. The van der Waals surface area contributed by atoms with Crippen molar-refractivity contribution in [3.8, 4) is 5.75 Å². The summed E-state index contributed by atoms with van der Waals surface area (Å²) >= 11 is 0. The van der Waals surface area contributed by atoms with Crippen LogP contribution in [0, 0.1) is 0 Å². The van der Waals surface area contributed by atoms with E-state index in [4.69, 9.17) is 4.74 Å². The Balaban J connectivity index is 2.07. The van der Waals surface area contributed by atoms with Crippen molar-refractivity contribution < 1.29 is 4.74 Å². The van der Waals surface area contributed by atoms with Crippen LogP contribution in [0.15, 0.2) is 41.2 Å². The Labute approximate surface area is 106 Å². The number of ether oxygens (including phenoxy) is 1.